The predicted molar refractivity (Wildman–Crippen MR) is 106 cm³/mol. The van der Waals surface area contributed by atoms with Gasteiger partial charge in [-0.15, -0.1) is 0 Å². The van der Waals surface area contributed by atoms with E-state index in [2.05, 4.69) is 15.5 Å². The maximum absolute atomic E-state index is 12.7. The lowest BCUT2D eigenvalue weighted by Gasteiger charge is -2.20. The fourth-order valence-electron chi connectivity index (χ4n) is 4.51. The molecule has 0 unspecified atom stereocenters. The van der Waals surface area contributed by atoms with Crippen molar-refractivity contribution in [3.8, 4) is 0 Å². The standard InChI is InChI=1S/C20H27ClN4O2/c21-17-6-5-15(11-18(17)25-10-8-22-20(25)27)19(26)23-16-7-9-24(13-16)12-14-3-1-2-4-14/h5-6,11,14,16H,1-4,7-10,12-13H2,(H,22,27)(H,23,26)/t16-/m0/s1. The van der Waals surface area contributed by atoms with Crippen molar-refractivity contribution in [3.05, 3.63) is 28.8 Å². The largest absolute Gasteiger partial charge is 0.348 e. The van der Waals surface area contributed by atoms with Crippen molar-refractivity contribution in [1.29, 1.82) is 0 Å². The van der Waals surface area contributed by atoms with Gasteiger partial charge in [0.2, 0.25) is 0 Å². The smallest absolute Gasteiger partial charge is 0.322 e. The molecule has 3 amide bonds. The highest BCUT2D eigenvalue weighted by atomic mass is 35.5. The van der Waals surface area contributed by atoms with Crippen LogP contribution < -0.4 is 15.5 Å². The number of halogens is 1. The van der Waals surface area contributed by atoms with Gasteiger partial charge in [-0.25, -0.2) is 4.79 Å². The summed E-state index contributed by atoms with van der Waals surface area (Å²) in [6.07, 6.45) is 6.43. The number of carbonyl (C=O) groups is 2. The molecule has 1 aromatic rings. The molecule has 6 nitrogen and oxygen atoms in total. The second kappa shape index (κ2) is 8.07. The van der Waals surface area contributed by atoms with Crippen molar-refractivity contribution in [2.75, 3.05) is 37.6 Å². The van der Waals surface area contributed by atoms with E-state index < -0.39 is 0 Å². The first-order valence-electron chi connectivity index (χ1n) is 9.98. The third-order valence-electron chi connectivity index (χ3n) is 5.95. The molecule has 0 spiro atoms. The molecular formula is C20H27ClN4O2. The summed E-state index contributed by atoms with van der Waals surface area (Å²) in [5.41, 5.74) is 1.14. The Morgan fingerprint density at radius 1 is 1.22 bits per heavy atom. The van der Waals surface area contributed by atoms with Crippen LogP contribution in [0, 0.1) is 5.92 Å². The number of nitrogens with one attached hydrogen (secondary N) is 2. The summed E-state index contributed by atoms with van der Waals surface area (Å²) in [6, 6.07) is 5.15. The van der Waals surface area contributed by atoms with Crippen LogP contribution in [0.3, 0.4) is 0 Å². The van der Waals surface area contributed by atoms with Gasteiger partial charge in [-0.05, 0) is 43.4 Å². The zero-order valence-corrected chi connectivity index (χ0v) is 16.3. The summed E-state index contributed by atoms with van der Waals surface area (Å²) in [5, 5.41) is 6.39. The normalized spacial score (nSPS) is 23.8. The van der Waals surface area contributed by atoms with E-state index in [-0.39, 0.29) is 18.0 Å². The molecule has 3 aliphatic rings. The van der Waals surface area contributed by atoms with Gasteiger partial charge >= 0.3 is 6.03 Å². The Bertz CT molecular complexity index is 720. The predicted octanol–water partition coefficient (Wildman–Crippen LogP) is 2.86. The van der Waals surface area contributed by atoms with Crippen molar-refractivity contribution in [2.24, 2.45) is 5.92 Å². The Morgan fingerprint density at radius 3 is 2.78 bits per heavy atom. The molecule has 0 bridgehead atoms. The number of carbonyl (C=O) groups excluding carboxylic acids is 2. The van der Waals surface area contributed by atoms with Crippen LogP contribution in [-0.4, -0.2) is 55.6 Å². The Hall–Kier alpha value is -1.79. The average molecular weight is 391 g/mol. The molecule has 0 radical (unpaired) electrons. The maximum atomic E-state index is 12.7. The molecule has 2 aliphatic heterocycles. The molecule has 2 heterocycles. The lowest BCUT2D eigenvalue weighted by molar-refractivity contribution is 0.0937. The van der Waals surface area contributed by atoms with Gasteiger partial charge in [-0.1, -0.05) is 24.4 Å². The number of likely N-dealkylation sites (tertiary alicyclic amines) is 1. The van der Waals surface area contributed by atoms with Gasteiger partial charge in [0.05, 0.1) is 10.7 Å². The summed E-state index contributed by atoms with van der Waals surface area (Å²) >= 11 is 6.26. The Kier molecular flexibility index (Phi) is 5.55. The third kappa shape index (κ3) is 4.22. The zero-order valence-electron chi connectivity index (χ0n) is 15.5. The molecule has 2 saturated heterocycles. The minimum absolute atomic E-state index is 0.0970. The first kappa shape index (κ1) is 18.6. The topological polar surface area (TPSA) is 64.7 Å². The van der Waals surface area contributed by atoms with E-state index in [1.807, 2.05) is 0 Å². The van der Waals surface area contributed by atoms with E-state index in [9.17, 15) is 9.59 Å². The van der Waals surface area contributed by atoms with E-state index in [0.717, 1.165) is 25.4 Å². The molecule has 1 aliphatic carbocycles. The number of nitrogens with zero attached hydrogens (tertiary/aromatic N) is 2. The number of anilines is 1. The van der Waals surface area contributed by atoms with Gasteiger partial charge in [0.15, 0.2) is 0 Å². The molecule has 7 heteroatoms. The van der Waals surface area contributed by atoms with E-state index in [1.54, 1.807) is 23.1 Å². The highest BCUT2D eigenvalue weighted by molar-refractivity contribution is 6.34. The van der Waals surface area contributed by atoms with Crippen molar-refractivity contribution in [1.82, 2.24) is 15.5 Å². The summed E-state index contributed by atoms with van der Waals surface area (Å²) in [7, 11) is 0. The molecule has 4 rings (SSSR count). The van der Waals surface area contributed by atoms with Crippen molar-refractivity contribution < 1.29 is 9.59 Å². The zero-order chi connectivity index (χ0) is 18.8. The number of hydrogen-bond acceptors (Lipinski definition) is 3. The highest BCUT2D eigenvalue weighted by Gasteiger charge is 2.28. The van der Waals surface area contributed by atoms with Crippen LogP contribution in [0.5, 0.6) is 0 Å². The molecular weight excluding hydrogens is 364 g/mol. The summed E-state index contributed by atoms with van der Waals surface area (Å²) in [5.74, 6) is 0.741. The van der Waals surface area contributed by atoms with Crippen LogP contribution >= 0.6 is 11.6 Å². The highest BCUT2D eigenvalue weighted by Crippen LogP contribution is 2.29. The van der Waals surface area contributed by atoms with E-state index in [0.29, 0.717) is 29.4 Å². The number of amides is 3. The van der Waals surface area contributed by atoms with Crippen LogP contribution in [0.25, 0.3) is 0 Å². The lowest BCUT2D eigenvalue weighted by Crippen LogP contribution is -2.38. The van der Waals surface area contributed by atoms with Crippen LogP contribution in [-0.2, 0) is 0 Å². The van der Waals surface area contributed by atoms with Gasteiger partial charge in [0.1, 0.15) is 0 Å². The van der Waals surface area contributed by atoms with Crippen LogP contribution in [0.1, 0.15) is 42.5 Å². The van der Waals surface area contributed by atoms with Crippen LogP contribution in [0.2, 0.25) is 5.02 Å². The Labute approximate surface area is 165 Å². The van der Waals surface area contributed by atoms with Crippen molar-refractivity contribution in [3.63, 3.8) is 0 Å². The van der Waals surface area contributed by atoms with Gasteiger partial charge in [-0.2, -0.15) is 0 Å². The van der Waals surface area contributed by atoms with Crippen LogP contribution in [0.4, 0.5) is 10.5 Å². The van der Waals surface area contributed by atoms with Gasteiger partial charge in [0, 0.05) is 44.3 Å². The number of benzene rings is 1. The SMILES string of the molecule is O=C(N[C@H]1CCN(CC2CCCC2)C1)c1ccc(Cl)c(N2CCNC2=O)c1. The molecule has 2 N–H and O–H groups in total. The first-order chi connectivity index (χ1) is 13.1. The van der Waals surface area contributed by atoms with Gasteiger partial charge in [-0.3, -0.25) is 9.69 Å². The van der Waals surface area contributed by atoms with Crippen LogP contribution in [0.15, 0.2) is 18.2 Å². The van der Waals surface area contributed by atoms with Gasteiger partial charge in [0.25, 0.3) is 5.91 Å². The number of rotatable bonds is 5. The Balaban J connectivity index is 1.36. The quantitative estimate of drug-likeness (QED) is 0.812. The molecule has 0 aromatic heterocycles. The fourth-order valence-corrected chi connectivity index (χ4v) is 4.72. The second-order valence-corrected chi connectivity index (χ2v) is 8.33. The van der Waals surface area contributed by atoms with Crippen molar-refractivity contribution in [2.45, 2.75) is 38.1 Å². The Morgan fingerprint density at radius 2 is 2.04 bits per heavy atom. The first-order valence-corrected chi connectivity index (χ1v) is 10.4. The molecule has 3 fully saturated rings. The molecule has 1 atom stereocenters. The summed E-state index contributed by atoms with van der Waals surface area (Å²) in [4.78, 5) is 28.7. The van der Waals surface area contributed by atoms with E-state index >= 15 is 0 Å². The van der Waals surface area contributed by atoms with E-state index in [1.165, 1.54) is 32.2 Å². The van der Waals surface area contributed by atoms with E-state index in [4.69, 9.17) is 11.6 Å². The molecule has 146 valence electrons. The minimum Gasteiger partial charge on any atom is -0.348 e. The van der Waals surface area contributed by atoms with Gasteiger partial charge < -0.3 is 15.5 Å². The maximum Gasteiger partial charge on any atom is 0.322 e. The number of hydrogen-bond donors (Lipinski definition) is 2. The second-order valence-electron chi connectivity index (χ2n) is 7.92. The summed E-state index contributed by atoms with van der Waals surface area (Å²) < 4.78 is 0. The van der Waals surface area contributed by atoms with Crippen molar-refractivity contribution >= 4 is 29.2 Å². The molecule has 1 aromatic carbocycles. The fraction of sp³-hybridized carbons (Fsp3) is 0.600. The molecule has 1 saturated carbocycles. The lowest BCUT2D eigenvalue weighted by atomic mass is 10.1. The average Bonchev–Trinajstić information content (AvgIpc) is 3.39. The third-order valence-corrected chi connectivity index (χ3v) is 6.27. The summed E-state index contributed by atoms with van der Waals surface area (Å²) in [6.45, 7) is 4.30. The monoisotopic (exact) mass is 390 g/mol. The number of urea groups is 1. The minimum atomic E-state index is -0.173. The molecule has 27 heavy (non-hydrogen) atoms.